The van der Waals surface area contributed by atoms with Crippen LogP contribution in [-0.4, -0.2) is 38.3 Å². The number of nitrogens with zero attached hydrogens (tertiary/aromatic N) is 1. The van der Waals surface area contributed by atoms with Crippen molar-refractivity contribution < 1.29 is 0 Å². The molecule has 0 radical (unpaired) electrons. The van der Waals surface area contributed by atoms with Crippen molar-refractivity contribution in [1.82, 2.24) is 4.90 Å². The fourth-order valence-electron chi connectivity index (χ4n) is 0. The highest BCUT2D eigenvalue weighted by atomic mass is 127. The molecule has 0 unspecified atom stereocenters. The standard InChI is InChI=1S/C3H9N.C2H7NS.HI/c1-4(2)3;3-1-2-4;/h1-3H3;4H,1-3H2;1H. The molecule has 2 nitrogen and oxygen atoms in total. The number of hydrogen-bond donors (Lipinski definition) is 2. The second-order valence-electron chi connectivity index (χ2n) is 1.85. The minimum Gasteiger partial charge on any atom is -0.330 e. The normalized spacial score (nSPS) is 7.33. The third-order valence-corrected chi connectivity index (χ3v) is 0.387. The van der Waals surface area contributed by atoms with Crippen LogP contribution in [-0.2, 0) is 0 Å². The van der Waals surface area contributed by atoms with Gasteiger partial charge in [-0.25, -0.2) is 0 Å². The zero-order chi connectivity index (χ0) is 6.99. The molecule has 9 heavy (non-hydrogen) atoms. The smallest absolute Gasteiger partial charge is 0.00255 e. The number of rotatable bonds is 1. The summed E-state index contributed by atoms with van der Waals surface area (Å²) in [5.74, 6) is 0.792. The predicted octanol–water partition coefficient (Wildman–Crippen LogP) is 0.671. The summed E-state index contributed by atoms with van der Waals surface area (Å²) in [5.41, 5.74) is 4.95. The lowest BCUT2D eigenvalue weighted by Gasteiger charge is -1.90. The molecule has 0 fully saturated rings. The Balaban J connectivity index is -0.0000000720. The fraction of sp³-hybridized carbons (Fsp3) is 1.00. The first kappa shape index (κ1) is 16.5. The van der Waals surface area contributed by atoms with E-state index in [1.807, 2.05) is 26.0 Å². The van der Waals surface area contributed by atoms with Gasteiger partial charge >= 0.3 is 0 Å². The summed E-state index contributed by atoms with van der Waals surface area (Å²) >= 11 is 3.80. The van der Waals surface area contributed by atoms with Crippen LogP contribution in [0.15, 0.2) is 0 Å². The van der Waals surface area contributed by atoms with E-state index in [1.165, 1.54) is 0 Å². The molecule has 0 bridgehead atoms. The Hall–Kier alpha value is 1.000. The molecule has 0 amide bonds. The molecule has 0 rings (SSSR count). The van der Waals surface area contributed by atoms with Gasteiger partial charge in [-0.3, -0.25) is 0 Å². The largest absolute Gasteiger partial charge is 0.330 e. The van der Waals surface area contributed by atoms with Crippen LogP contribution in [0.25, 0.3) is 0 Å². The zero-order valence-corrected chi connectivity index (χ0v) is 9.52. The van der Waals surface area contributed by atoms with Gasteiger partial charge in [0.2, 0.25) is 0 Å². The Bertz CT molecular complexity index is 31.4. The molecule has 0 atom stereocenters. The van der Waals surface area contributed by atoms with Crippen LogP contribution >= 0.6 is 36.6 Å². The Morgan fingerprint density at radius 2 is 1.44 bits per heavy atom. The van der Waals surface area contributed by atoms with Crippen LogP contribution < -0.4 is 5.73 Å². The predicted molar refractivity (Wildman–Crippen MR) is 57.9 cm³/mol. The highest BCUT2D eigenvalue weighted by Crippen LogP contribution is 1.58. The van der Waals surface area contributed by atoms with Crippen LogP contribution in [0.2, 0.25) is 0 Å². The van der Waals surface area contributed by atoms with E-state index in [9.17, 15) is 0 Å². The molecule has 0 saturated heterocycles. The lowest BCUT2D eigenvalue weighted by atomic mass is 10.8. The lowest BCUT2D eigenvalue weighted by molar-refractivity contribution is 0.505. The number of thiol groups is 1. The monoisotopic (exact) mass is 264 g/mol. The van der Waals surface area contributed by atoms with Crippen molar-refractivity contribution in [3.63, 3.8) is 0 Å². The molecule has 0 aliphatic rings. The van der Waals surface area contributed by atoms with Crippen molar-refractivity contribution in [2.75, 3.05) is 33.4 Å². The molecule has 0 aromatic carbocycles. The van der Waals surface area contributed by atoms with E-state index in [2.05, 4.69) is 12.6 Å². The van der Waals surface area contributed by atoms with Gasteiger partial charge in [-0.1, -0.05) is 0 Å². The summed E-state index contributed by atoms with van der Waals surface area (Å²) < 4.78 is 0. The first-order valence-electron chi connectivity index (χ1n) is 2.57. The molecule has 0 heterocycles. The molecule has 4 heteroatoms. The van der Waals surface area contributed by atoms with E-state index < -0.39 is 0 Å². The van der Waals surface area contributed by atoms with Gasteiger partial charge < -0.3 is 10.6 Å². The molecule has 0 aromatic heterocycles. The van der Waals surface area contributed by atoms with Crippen LogP contribution in [0, 0.1) is 0 Å². The van der Waals surface area contributed by atoms with Crippen LogP contribution in [0.3, 0.4) is 0 Å². The quantitative estimate of drug-likeness (QED) is 0.538. The number of hydrogen-bond acceptors (Lipinski definition) is 3. The third kappa shape index (κ3) is 110. The van der Waals surface area contributed by atoms with Gasteiger partial charge in [-0.05, 0) is 21.1 Å². The molecule has 0 aliphatic heterocycles. The summed E-state index contributed by atoms with van der Waals surface area (Å²) in [5, 5.41) is 0. The van der Waals surface area contributed by atoms with Crippen molar-refractivity contribution in [2.24, 2.45) is 5.73 Å². The summed E-state index contributed by atoms with van der Waals surface area (Å²) in [7, 11) is 6.00. The average Bonchev–Trinajstić information content (AvgIpc) is 1.65. The average molecular weight is 264 g/mol. The Morgan fingerprint density at radius 1 is 1.33 bits per heavy atom. The molecular formula is C5H17IN2S. The number of halogens is 1. The van der Waals surface area contributed by atoms with Gasteiger partial charge in [0.1, 0.15) is 0 Å². The maximum Gasteiger partial charge on any atom is 0.00255 e. The van der Waals surface area contributed by atoms with E-state index in [4.69, 9.17) is 5.73 Å². The molecule has 2 N–H and O–H groups in total. The van der Waals surface area contributed by atoms with E-state index in [0.29, 0.717) is 6.54 Å². The maximum absolute atomic E-state index is 4.95. The van der Waals surface area contributed by atoms with Gasteiger partial charge in [0, 0.05) is 12.3 Å². The highest BCUT2D eigenvalue weighted by Gasteiger charge is 1.58. The van der Waals surface area contributed by atoms with E-state index in [1.54, 1.807) is 0 Å². The van der Waals surface area contributed by atoms with Gasteiger partial charge in [-0.15, -0.1) is 24.0 Å². The first-order chi connectivity index (χ1) is 3.65. The minimum atomic E-state index is 0. The van der Waals surface area contributed by atoms with Crippen LogP contribution in [0.4, 0.5) is 0 Å². The van der Waals surface area contributed by atoms with Gasteiger partial charge in [0.25, 0.3) is 0 Å². The maximum atomic E-state index is 4.95. The molecule has 0 spiro atoms. The van der Waals surface area contributed by atoms with Crippen LogP contribution in [0.5, 0.6) is 0 Å². The van der Waals surface area contributed by atoms with Crippen LogP contribution in [0.1, 0.15) is 0 Å². The minimum absolute atomic E-state index is 0. The Kier molecular flexibility index (Phi) is 29.4. The second-order valence-corrected chi connectivity index (χ2v) is 2.30. The Morgan fingerprint density at radius 3 is 1.44 bits per heavy atom. The first-order valence-corrected chi connectivity index (χ1v) is 3.20. The molecule has 0 saturated carbocycles. The topological polar surface area (TPSA) is 29.3 Å². The van der Waals surface area contributed by atoms with Gasteiger partial charge in [0.15, 0.2) is 0 Å². The van der Waals surface area contributed by atoms with Crippen molar-refractivity contribution >= 4 is 36.6 Å². The van der Waals surface area contributed by atoms with E-state index >= 15 is 0 Å². The lowest BCUT2D eigenvalue weighted by Crippen LogP contribution is -1.99. The third-order valence-electron chi connectivity index (χ3n) is 0.129. The summed E-state index contributed by atoms with van der Waals surface area (Å²) in [6.45, 7) is 0.684. The molecular weight excluding hydrogens is 247 g/mol. The van der Waals surface area contributed by atoms with E-state index in [-0.39, 0.29) is 24.0 Å². The Labute approximate surface area is 80.6 Å². The molecule has 0 aromatic rings. The summed E-state index contributed by atoms with van der Waals surface area (Å²) in [6, 6.07) is 0. The number of nitrogens with two attached hydrogens (primary N) is 1. The van der Waals surface area contributed by atoms with Crippen molar-refractivity contribution in [3.8, 4) is 0 Å². The van der Waals surface area contributed by atoms with Crippen molar-refractivity contribution in [2.45, 2.75) is 0 Å². The SMILES string of the molecule is CN(C)C.I.NCCS. The highest BCUT2D eigenvalue weighted by molar-refractivity contribution is 14.0. The van der Waals surface area contributed by atoms with Gasteiger partial charge in [0.05, 0.1) is 0 Å². The summed E-state index contributed by atoms with van der Waals surface area (Å²) in [6.07, 6.45) is 0. The van der Waals surface area contributed by atoms with E-state index in [0.717, 1.165) is 5.75 Å². The second kappa shape index (κ2) is 16.0. The molecule has 0 aliphatic carbocycles. The van der Waals surface area contributed by atoms with Crippen molar-refractivity contribution in [3.05, 3.63) is 0 Å². The summed E-state index contributed by atoms with van der Waals surface area (Å²) in [4.78, 5) is 2.00. The molecule has 60 valence electrons. The fourth-order valence-corrected chi connectivity index (χ4v) is 0. The zero-order valence-electron chi connectivity index (χ0n) is 6.29. The van der Waals surface area contributed by atoms with Gasteiger partial charge in [-0.2, -0.15) is 12.6 Å². The van der Waals surface area contributed by atoms with Crippen molar-refractivity contribution in [1.29, 1.82) is 0 Å².